The molecule has 5 nitrogen and oxygen atoms in total. The van der Waals surface area contributed by atoms with Crippen molar-refractivity contribution in [2.75, 3.05) is 0 Å². The van der Waals surface area contributed by atoms with Crippen LogP contribution in [0.25, 0.3) is 99.4 Å². The molecule has 0 aliphatic heterocycles. The molecular weight excluding hydrogens is 1060 g/mol. The minimum atomic E-state index is -2.36. The van der Waals surface area contributed by atoms with Crippen LogP contribution in [0.15, 0.2) is 121 Å². The van der Waals surface area contributed by atoms with Gasteiger partial charge in [-0.2, -0.15) is 0 Å². The molecule has 0 aliphatic rings. The minimum Gasteiger partial charge on any atom is -0.0622 e. The number of benzene rings is 7. The molecule has 0 amide bonds. The van der Waals surface area contributed by atoms with Gasteiger partial charge in [0, 0.05) is 32.2 Å². The summed E-state index contributed by atoms with van der Waals surface area (Å²) < 4.78 is 6.22. The van der Waals surface area contributed by atoms with Crippen molar-refractivity contribution in [3.63, 3.8) is 0 Å². The summed E-state index contributed by atoms with van der Waals surface area (Å²) in [5.74, 6) is 8.34. The van der Waals surface area contributed by atoms with E-state index in [1.54, 1.807) is 0 Å². The van der Waals surface area contributed by atoms with Gasteiger partial charge in [0.15, 0.2) is 0 Å². The molecule has 0 saturated heterocycles. The first-order valence-corrected chi connectivity index (χ1v) is 30.7. The Kier molecular flexibility index (Phi) is 10.5. The second-order valence-corrected chi connectivity index (χ2v) is 32.4. The van der Waals surface area contributed by atoms with Crippen molar-refractivity contribution in [3.05, 3.63) is 155 Å². The SMILES string of the molecule is Cc1cc(C)c(-n2c(-c3cc(C(C)(C)C)cc(C(C)(C)C)c3O)nc3c(-c4[c-]c5c6nc[c]([Ge]([CH3])([CH3])[CH3])c7ccc8c9ccccc9n(c5c(C)c4)c8c76)cccc32)c(-c2ccccc2)c1.[Pt]. The number of phenolic OH excluding ortho intramolecular Hbond substituents is 1. The molecule has 0 fully saturated rings. The average molecular weight is 1120 g/mol. The molecule has 0 atom stereocenters. The zero-order valence-electron chi connectivity index (χ0n) is 40.6. The molecule has 0 aliphatic carbocycles. The summed E-state index contributed by atoms with van der Waals surface area (Å²) >= 11 is -2.36. The third kappa shape index (κ3) is 6.97. The summed E-state index contributed by atoms with van der Waals surface area (Å²) in [5.41, 5.74) is 17.3. The van der Waals surface area contributed by atoms with Crippen LogP contribution in [0.3, 0.4) is 0 Å². The molecule has 11 rings (SSSR count). The fourth-order valence-corrected chi connectivity index (χ4v) is 13.8. The Morgan fingerprint density at radius 2 is 1.33 bits per heavy atom. The van der Waals surface area contributed by atoms with Gasteiger partial charge in [0.25, 0.3) is 0 Å². The van der Waals surface area contributed by atoms with Crippen LogP contribution in [0.2, 0.25) is 17.3 Å². The van der Waals surface area contributed by atoms with Gasteiger partial charge in [-0.3, -0.25) is 0 Å². The molecule has 0 saturated carbocycles. The minimum absolute atomic E-state index is 0. The Balaban J connectivity index is 0.00000525. The van der Waals surface area contributed by atoms with Crippen LogP contribution in [-0.2, 0) is 31.9 Å². The maximum absolute atomic E-state index is 12.6. The van der Waals surface area contributed by atoms with Gasteiger partial charge in [-0.15, -0.1) is 0 Å². The summed E-state index contributed by atoms with van der Waals surface area (Å²) in [6, 6.07) is 45.9. The maximum atomic E-state index is 12.6. The van der Waals surface area contributed by atoms with E-state index < -0.39 is 13.3 Å². The van der Waals surface area contributed by atoms with Gasteiger partial charge in [-0.05, 0) is 53.5 Å². The van der Waals surface area contributed by atoms with Crippen molar-refractivity contribution in [1.82, 2.24) is 18.9 Å². The molecular formula is C60H57GeN4OPt-. The second-order valence-electron chi connectivity index (χ2n) is 21.8. The zero-order valence-corrected chi connectivity index (χ0v) is 45.0. The molecule has 4 heterocycles. The Morgan fingerprint density at radius 1 is 0.627 bits per heavy atom. The standard InChI is InChI=1S/C60H57GeN4O.Pt/c1-34-27-35(2)54(44(28-34)37-19-14-13-15-20-37)65-50-24-18-22-40(52(50)63-58(65)46-31-39(59(4,5)6)32-47(57(46)66)60(7,8)9)38-29-36(3)55-45(30-38)53-51-43(48(33-62-53)61(10,11)12)26-25-42-41-21-16-17-23-49(41)64(55)56(42)51;/h13-29,31-33,66H,1-12H3;/q-1;. The maximum Gasteiger partial charge on any atom is 0.00634 e. The third-order valence-electron chi connectivity index (χ3n) is 13.9. The molecule has 1 N–H and O–H groups in total. The first kappa shape index (κ1) is 45.1. The first-order valence-electron chi connectivity index (χ1n) is 23.3. The molecule has 67 heavy (non-hydrogen) atoms. The van der Waals surface area contributed by atoms with E-state index in [1.807, 2.05) is 0 Å². The quantitative estimate of drug-likeness (QED) is 0.0809. The van der Waals surface area contributed by atoms with E-state index in [1.165, 1.54) is 42.5 Å². The Hall–Kier alpha value is -5.75. The van der Waals surface area contributed by atoms with E-state index in [2.05, 4.69) is 216 Å². The number of aromatic hydroxyl groups is 1. The second kappa shape index (κ2) is 15.7. The smallest absolute Gasteiger partial charge is 0.00634 e. The number of aromatic nitrogens is 4. The number of para-hydroxylation sites is 2. The molecule has 0 bridgehead atoms. The van der Waals surface area contributed by atoms with Crippen molar-refractivity contribution >= 4 is 77.7 Å². The number of imidazole rings is 1. The molecule has 7 heteroatoms. The van der Waals surface area contributed by atoms with E-state index >= 15 is 0 Å². The van der Waals surface area contributed by atoms with Crippen molar-refractivity contribution in [3.8, 4) is 45.1 Å². The number of pyridine rings is 2. The number of hydrogen-bond acceptors (Lipinski definition) is 3. The molecule has 338 valence electrons. The zero-order chi connectivity index (χ0) is 46.4. The van der Waals surface area contributed by atoms with E-state index in [9.17, 15) is 5.11 Å². The summed E-state index contributed by atoms with van der Waals surface area (Å²) in [4.78, 5) is 11.1. The van der Waals surface area contributed by atoms with Crippen LogP contribution >= 0.6 is 0 Å². The van der Waals surface area contributed by atoms with Gasteiger partial charge in [0.05, 0.1) is 0 Å². The summed E-state index contributed by atoms with van der Waals surface area (Å²) in [6.07, 6.45) is 2.17. The number of hydrogen-bond donors (Lipinski definition) is 1. The Morgan fingerprint density at radius 3 is 2.04 bits per heavy atom. The molecule has 4 aromatic heterocycles. The number of phenols is 1. The number of fused-ring (bicyclic) bond motifs is 7. The Bertz CT molecular complexity index is 3800. The summed E-state index contributed by atoms with van der Waals surface area (Å²) in [6.45, 7) is 19.8. The average Bonchev–Trinajstić information content (AvgIpc) is 3.81. The molecule has 0 unspecified atom stereocenters. The van der Waals surface area contributed by atoms with Crippen LogP contribution in [0.4, 0.5) is 0 Å². The van der Waals surface area contributed by atoms with Gasteiger partial charge >= 0.3 is 228 Å². The van der Waals surface area contributed by atoms with E-state index in [0.29, 0.717) is 5.82 Å². The van der Waals surface area contributed by atoms with Crippen LogP contribution in [0.5, 0.6) is 5.75 Å². The molecule has 0 radical (unpaired) electrons. The van der Waals surface area contributed by atoms with Crippen molar-refractivity contribution in [2.45, 2.75) is 90.4 Å². The molecule has 7 aromatic carbocycles. The van der Waals surface area contributed by atoms with Crippen molar-refractivity contribution in [2.24, 2.45) is 0 Å². The predicted molar refractivity (Wildman–Crippen MR) is 282 cm³/mol. The van der Waals surface area contributed by atoms with Gasteiger partial charge in [0.1, 0.15) is 5.75 Å². The normalized spacial score (nSPS) is 12.7. The van der Waals surface area contributed by atoms with E-state index in [0.717, 1.165) is 83.2 Å². The fraction of sp³-hybridized carbons (Fsp3) is 0.233. The number of aryl methyl sites for hydroxylation is 3. The van der Waals surface area contributed by atoms with Gasteiger partial charge in [0.2, 0.25) is 0 Å². The van der Waals surface area contributed by atoms with Gasteiger partial charge in [-0.1, -0.05) is 89.6 Å². The predicted octanol–water partition coefficient (Wildman–Crippen LogP) is 15.3. The van der Waals surface area contributed by atoms with Gasteiger partial charge < -0.3 is 5.11 Å². The summed E-state index contributed by atoms with van der Waals surface area (Å²) in [7, 11) is 0. The van der Waals surface area contributed by atoms with E-state index in [4.69, 9.17) is 9.97 Å². The van der Waals surface area contributed by atoms with Crippen LogP contribution < -0.4 is 4.40 Å². The van der Waals surface area contributed by atoms with Gasteiger partial charge in [-0.25, -0.2) is 0 Å². The first-order chi connectivity index (χ1) is 31.3. The topological polar surface area (TPSA) is 55.3 Å². The monoisotopic (exact) mass is 1120 g/mol. The summed E-state index contributed by atoms with van der Waals surface area (Å²) in [5, 5.41) is 18.6. The van der Waals surface area contributed by atoms with Crippen LogP contribution in [-0.4, -0.2) is 37.3 Å². The largest absolute Gasteiger partial charge is 0.0622 e. The number of rotatable bonds is 5. The van der Waals surface area contributed by atoms with E-state index in [-0.39, 0.29) is 37.6 Å². The Labute approximate surface area is 410 Å². The van der Waals surface area contributed by atoms with Crippen molar-refractivity contribution in [1.29, 1.82) is 0 Å². The molecule has 0 spiro atoms. The molecule has 11 aromatic rings. The van der Waals surface area contributed by atoms with Crippen LogP contribution in [0.1, 0.15) is 69.4 Å². The van der Waals surface area contributed by atoms with Crippen molar-refractivity contribution < 1.29 is 26.2 Å². The number of nitrogens with zero attached hydrogens (tertiary/aromatic N) is 4. The van der Waals surface area contributed by atoms with Crippen LogP contribution in [0, 0.1) is 26.8 Å². The fourth-order valence-electron chi connectivity index (χ4n) is 10.7. The third-order valence-corrected chi connectivity index (χ3v) is 18.2.